The fourth-order valence-corrected chi connectivity index (χ4v) is 7.33. The summed E-state index contributed by atoms with van der Waals surface area (Å²) in [4.78, 5) is 14.2. The van der Waals surface area contributed by atoms with Crippen LogP contribution in [0, 0.1) is 11.8 Å². The number of alkyl halides is 1. The maximum absolute atomic E-state index is 6.88. The molecular weight excluding hydrogens is 611 g/mol. The summed E-state index contributed by atoms with van der Waals surface area (Å²) >= 11 is 2.58. The van der Waals surface area contributed by atoms with Crippen molar-refractivity contribution < 1.29 is 4.74 Å². The van der Waals surface area contributed by atoms with Crippen molar-refractivity contribution in [2.75, 3.05) is 32.8 Å². The lowest BCUT2D eigenvalue weighted by molar-refractivity contribution is 0.0260. The molecule has 3 heterocycles. The Morgan fingerprint density at radius 2 is 1.75 bits per heavy atom. The van der Waals surface area contributed by atoms with Crippen molar-refractivity contribution in [1.82, 2.24) is 14.8 Å². The lowest BCUT2D eigenvalue weighted by Crippen LogP contribution is -2.42. The maximum Gasteiger partial charge on any atom is 0.149 e. The highest BCUT2D eigenvalue weighted by molar-refractivity contribution is 14.1. The van der Waals surface area contributed by atoms with Crippen LogP contribution < -0.4 is 11.5 Å². The van der Waals surface area contributed by atoms with Crippen LogP contribution in [0.25, 0.3) is 27.9 Å². The Labute approximate surface area is 250 Å². The number of pyridine rings is 1. The number of aromatic nitrogens is 1. The van der Waals surface area contributed by atoms with E-state index in [0.29, 0.717) is 17.5 Å². The molecule has 2 fully saturated rings. The van der Waals surface area contributed by atoms with Crippen molar-refractivity contribution >= 4 is 45.0 Å². The van der Waals surface area contributed by atoms with E-state index in [9.17, 15) is 0 Å². The molecule has 1 unspecified atom stereocenters. The molecule has 0 spiro atoms. The minimum absolute atomic E-state index is 0.240. The summed E-state index contributed by atoms with van der Waals surface area (Å²) in [5.74, 6) is 1.78. The van der Waals surface area contributed by atoms with Gasteiger partial charge in [0.2, 0.25) is 0 Å². The number of fused-ring (bicyclic) bond motifs is 1. The van der Waals surface area contributed by atoms with Crippen LogP contribution in [0.5, 0.6) is 0 Å². The Morgan fingerprint density at radius 3 is 2.52 bits per heavy atom. The highest BCUT2D eigenvalue weighted by atomic mass is 127. The van der Waals surface area contributed by atoms with E-state index in [-0.39, 0.29) is 4.05 Å². The minimum atomic E-state index is 0.240. The summed E-state index contributed by atoms with van der Waals surface area (Å²) < 4.78 is 5.77. The summed E-state index contributed by atoms with van der Waals surface area (Å²) in [6.07, 6.45) is 8.76. The molecule has 40 heavy (non-hydrogen) atoms. The van der Waals surface area contributed by atoms with Crippen LogP contribution in [0.3, 0.4) is 0 Å². The van der Waals surface area contributed by atoms with Crippen molar-refractivity contribution in [2.24, 2.45) is 28.3 Å². The van der Waals surface area contributed by atoms with E-state index in [1.54, 1.807) is 6.20 Å². The van der Waals surface area contributed by atoms with Gasteiger partial charge in [-0.05, 0) is 49.7 Å². The van der Waals surface area contributed by atoms with Gasteiger partial charge in [-0.2, -0.15) is 0 Å². The van der Waals surface area contributed by atoms with Crippen molar-refractivity contribution in [3.8, 4) is 11.3 Å². The predicted molar refractivity (Wildman–Crippen MR) is 171 cm³/mol. The molecule has 8 heteroatoms. The normalized spacial score (nSPS) is 24.1. The number of rotatable bonds is 6. The number of morpholine rings is 1. The van der Waals surface area contributed by atoms with Crippen LogP contribution in [0.4, 0.5) is 0 Å². The van der Waals surface area contributed by atoms with Crippen LogP contribution in [0.15, 0.2) is 83.8 Å². The third-order valence-electron chi connectivity index (χ3n) is 8.44. The number of halogens is 1. The lowest BCUT2D eigenvalue weighted by atomic mass is 9.81. The highest BCUT2D eigenvalue weighted by Crippen LogP contribution is 2.38. The zero-order valence-corrected chi connectivity index (χ0v) is 24.9. The van der Waals surface area contributed by atoms with E-state index in [4.69, 9.17) is 21.2 Å². The number of hydrogen-bond acceptors (Lipinski definition) is 7. The van der Waals surface area contributed by atoms with Crippen LogP contribution in [0.2, 0.25) is 0 Å². The number of nitrogens with zero attached hydrogens (tertiary/aromatic N) is 4. The number of nitrogens with two attached hydrogens (primary N) is 2. The smallest absolute Gasteiger partial charge is 0.149 e. The zero-order valence-electron chi connectivity index (χ0n) is 22.8. The van der Waals surface area contributed by atoms with Gasteiger partial charge in [0.1, 0.15) is 11.5 Å². The second-order valence-electron chi connectivity index (χ2n) is 11.0. The third kappa shape index (κ3) is 5.89. The number of hydrogen-bond donors (Lipinski definition) is 2. The summed E-state index contributed by atoms with van der Waals surface area (Å²) in [5.41, 5.74) is 18.6. The van der Waals surface area contributed by atoms with E-state index < -0.39 is 0 Å². The average molecular weight is 649 g/mol. The van der Waals surface area contributed by atoms with Crippen molar-refractivity contribution in [1.29, 1.82) is 0 Å². The molecule has 1 saturated heterocycles. The summed E-state index contributed by atoms with van der Waals surface area (Å²) in [7, 11) is 0. The van der Waals surface area contributed by atoms with Gasteiger partial charge in [-0.3, -0.25) is 4.90 Å². The van der Waals surface area contributed by atoms with Crippen LogP contribution in [-0.4, -0.2) is 57.5 Å². The summed E-state index contributed by atoms with van der Waals surface area (Å²) in [6.45, 7) is 5.07. The van der Waals surface area contributed by atoms with E-state index in [0.717, 1.165) is 65.6 Å². The van der Waals surface area contributed by atoms with E-state index in [1.165, 1.54) is 32.2 Å². The molecule has 3 aliphatic rings. The van der Waals surface area contributed by atoms with Crippen LogP contribution in [0.1, 0.15) is 31.2 Å². The van der Waals surface area contributed by atoms with Crippen molar-refractivity contribution in [3.63, 3.8) is 0 Å². The molecule has 2 aromatic carbocycles. The van der Waals surface area contributed by atoms with Gasteiger partial charge < -0.3 is 21.1 Å². The topological polar surface area (TPSA) is 93.0 Å². The first-order valence-corrected chi connectivity index (χ1v) is 15.5. The van der Waals surface area contributed by atoms with E-state index in [2.05, 4.69) is 79.8 Å². The molecule has 208 valence electrons. The van der Waals surface area contributed by atoms with E-state index in [1.807, 2.05) is 24.4 Å². The fourth-order valence-electron chi connectivity index (χ4n) is 6.15. The first-order chi connectivity index (χ1) is 19.6. The van der Waals surface area contributed by atoms with Gasteiger partial charge in [0.25, 0.3) is 0 Å². The quantitative estimate of drug-likeness (QED) is 0.206. The molecule has 3 aromatic rings. The van der Waals surface area contributed by atoms with Gasteiger partial charge in [-0.1, -0.05) is 71.1 Å². The zero-order chi connectivity index (χ0) is 27.5. The Bertz CT molecular complexity index is 1420. The van der Waals surface area contributed by atoms with Crippen LogP contribution in [-0.2, 0) is 4.74 Å². The first kappa shape index (κ1) is 27.2. The van der Waals surface area contributed by atoms with Gasteiger partial charge in [-0.15, -0.1) is 0 Å². The second-order valence-corrected chi connectivity index (χ2v) is 12.3. The number of ether oxygens (including phenoxy) is 1. The number of amidine groups is 1. The molecule has 1 atom stereocenters. The number of aliphatic imine (C=N–C) groups is 1. The van der Waals surface area contributed by atoms with Gasteiger partial charge >= 0.3 is 0 Å². The molecule has 4 N–H and O–H groups in total. The van der Waals surface area contributed by atoms with Crippen molar-refractivity contribution in [3.05, 3.63) is 84.3 Å². The van der Waals surface area contributed by atoms with Crippen LogP contribution >= 0.6 is 22.6 Å². The Morgan fingerprint density at radius 1 is 1.00 bits per heavy atom. The number of benzene rings is 2. The van der Waals surface area contributed by atoms with Gasteiger partial charge in [0.05, 0.1) is 34.2 Å². The van der Waals surface area contributed by atoms with Gasteiger partial charge in [0.15, 0.2) is 0 Å². The maximum atomic E-state index is 6.88. The Hall–Kier alpha value is -2.95. The summed E-state index contributed by atoms with van der Waals surface area (Å²) in [6, 6.07) is 20.6. The molecule has 0 bridgehead atoms. The minimum Gasteiger partial charge on any atom is -0.396 e. The SMILES string of the molecule is NC1=NC=CN(C(I)[C@H]2CC[C@H](CN3CCOCC3)CC2)/C1=C(\N)c1ccc2ccc(-c3ccccc3)nc2c1. The largest absolute Gasteiger partial charge is 0.396 e. The Kier molecular flexibility index (Phi) is 8.36. The monoisotopic (exact) mass is 648 g/mol. The third-order valence-corrected chi connectivity index (χ3v) is 10.1. The predicted octanol–water partition coefficient (Wildman–Crippen LogP) is 5.57. The highest BCUT2D eigenvalue weighted by Gasteiger charge is 2.33. The molecule has 1 aliphatic carbocycles. The first-order valence-electron chi connectivity index (χ1n) is 14.3. The van der Waals surface area contributed by atoms with Gasteiger partial charge in [0, 0.05) is 48.5 Å². The molecule has 6 rings (SSSR count). The van der Waals surface area contributed by atoms with E-state index >= 15 is 0 Å². The van der Waals surface area contributed by atoms with Gasteiger partial charge in [-0.25, -0.2) is 9.98 Å². The molecule has 7 nitrogen and oxygen atoms in total. The summed E-state index contributed by atoms with van der Waals surface area (Å²) in [5, 5.41) is 1.07. The fraction of sp³-hybridized carbons (Fsp3) is 0.375. The standard InChI is InChI=1S/C32H37IN6O/c33-31(25-8-6-22(7-9-25)21-38-16-18-40-19-17-38)39-15-14-36-32(35)30(39)29(34)26-11-10-24-12-13-27(37-28(24)20-26)23-4-2-1-3-5-23/h1-5,10-15,20,22,25,31H,6-9,16-19,21,34H2,(H2,35,36)/b30-29-/t22-,25-,31?. The molecule has 2 aliphatic heterocycles. The second kappa shape index (κ2) is 12.3. The molecular formula is C32H37IN6O. The molecule has 0 radical (unpaired) electrons. The molecule has 1 saturated carbocycles. The molecule has 1 aromatic heterocycles. The average Bonchev–Trinajstić information content (AvgIpc) is 3.01. The Balaban J connectivity index is 1.22. The lowest BCUT2D eigenvalue weighted by Gasteiger charge is -2.40. The van der Waals surface area contributed by atoms with Crippen molar-refractivity contribution in [2.45, 2.75) is 29.7 Å². The molecule has 0 amide bonds.